The Morgan fingerprint density at radius 3 is 2.76 bits per heavy atom. The minimum absolute atomic E-state index is 0.0587. The Morgan fingerprint density at radius 1 is 1.28 bits per heavy atom. The number of benzene rings is 1. The number of nitrogens with one attached hydrogen (secondary N) is 1. The number of quaternary nitrogens is 1. The Balaban J connectivity index is 1.78. The fourth-order valence-electron chi connectivity index (χ4n) is 4.56. The summed E-state index contributed by atoms with van der Waals surface area (Å²) in [6, 6.07) is 9.21. The van der Waals surface area contributed by atoms with E-state index >= 15 is 0 Å². The van der Waals surface area contributed by atoms with E-state index in [1.807, 2.05) is 38.1 Å². The average Bonchev–Trinajstić information content (AvgIpc) is 3.33. The van der Waals surface area contributed by atoms with Gasteiger partial charge in [0.15, 0.2) is 17.6 Å². The highest BCUT2D eigenvalue weighted by Crippen LogP contribution is 2.64. The zero-order chi connectivity index (χ0) is 17.3. The molecule has 1 fully saturated rings. The average molecular weight is 333 g/mol. The monoisotopic (exact) mass is 333 g/mol. The van der Waals surface area contributed by atoms with Gasteiger partial charge in [-0.25, -0.2) is 19.1 Å². The molecule has 2 bridgehead atoms. The largest absolute Gasteiger partial charge is 0.441 e. The van der Waals surface area contributed by atoms with Crippen LogP contribution >= 0.6 is 0 Å². The summed E-state index contributed by atoms with van der Waals surface area (Å²) < 4.78 is 1.12. The zero-order valence-corrected chi connectivity index (χ0v) is 13.9. The van der Waals surface area contributed by atoms with Crippen LogP contribution < -0.4 is 4.48 Å². The van der Waals surface area contributed by atoms with E-state index in [4.69, 9.17) is 0 Å². The third-order valence-electron chi connectivity index (χ3n) is 5.51. The Hall–Kier alpha value is -2.99. The van der Waals surface area contributed by atoms with Crippen molar-refractivity contribution in [1.82, 2.24) is 19.0 Å². The maximum Gasteiger partial charge on any atom is 0.441 e. The van der Waals surface area contributed by atoms with Gasteiger partial charge in [0.25, 0.3) is 0 Å². The quantitative estimate of drug-likeness (QED) is 0.549. The number of carbonyl (C=O) groups is 2. The lowest BCUT2D eigenvalue weighted by Gasteiger charge is -2.43. The second kappa shape index (κ2) is 4.55. The molecular weight excluding hydrogens is 316 g/mol. The second-order valence-electron chi connectivity index (χ2n) is 6.84. The lowest BCUT2D eigenvalue weighted by atomic mass is 9.83. The summed E-state index contributed by atoms with van der Waals surface area (Å²) in [7, 11) is 0. The number of aromatic nitrogens is 3. The van der Waals surface area contributed by atoms with Gasteiger partial charge in [0.05, 0.1) is 5.69 Å². The molecule has 2 aliphatic rings. The summed E-state index contributed by atoms with van der Waals surface area (Å²) in [4.78, 5) is 33.9. The lowest BCUT2D eigenvalue weighted by molar-refractivity contribution is -0.140. The number of amides is 2. The van der Waals surface area contributed by atoms with Crippen molar-refractivity contribution in [2.45, 2.75) is 25.8 Å². The Morgan fingerprint density at radius 2 is 2.08 bits per heavy atom. The number of carbonyl (C=O) groups excluding carboxylic acids is 2. The molecule has 124 valence electrons. The second-order valence-corrected chi connectivity index (χ2v) is 6.84. The van der Waals surface area contributed by atoms with Crippen LogP contribution in [0.2, 0.25) is 0 Å². The number of nitrogens with zero attached hydrogens (tertiary/aromatic N) is 3. The van der Waals surface area contributed by atoms with Crippen molar-refractivity contribution in [1.29, 1.82) is 0 Å². The van der Waals surface area contributed by atoms with Gasteiger partial charge in [0.2, 0.25) is 0 Å². The molecule has 4 heterocycles. The fourth-order valence-corrected chi connectivity index (χ4v) is 4.56. The van der Waals surface area contributed by atoms with E-state index in [0.717, 1.165) is 28.2 Å². The van der Waals surface area contributed by atoms with Gasteiger partial charge >= 0.3 is 11.9 Å². The Bertz CT molecular complexity index is 1030. The summed E-state index contributed by atoms with van der Waals surface area (Å²) in [6.07, 6.45) is 4.61. The lowest BCUT2D eigenvalue weighted by Crippen LogP contribution is -2.69. The summed E-state index contributed by atoms with van der Waals surface area (Å²) >= 11 is 0. The minimum atomic E-state index is -0.294. The number of imidazole rings is 1. The first-order valence-electron chi connectivity index (χ1n) is 8.28. The predicted molar refractivity (Wildman–Crippen MR) is 92.0 cm³/mol. The molecule has 0 radical (unpaired) electrons. The minimum Gasteiger partial charge on any atom is -0.357 e. The van der Waals surface area contributed by atoms with Gasteiger partial charge in [-0.3, -0.25) is 0 Å². The third kappa shape index (κ3) is 1.51. The first kappa shape index (κ1) is 14.4. The SMILES string of the molecule is Cc1cc(C)c(C2C3C(=O)[N+]2(C(=O)n2ccnc2)c2ccccc23)[nH]1. The molecule has 2 amide bonds. The molecule has 1 N–H and O–H groups in total. The highest BCUT2D eigenvalue weighted by molar-refractivity contribution is 6.21. The molecular formula is C19H17N4O2+. The molecule has 0 spiro atoms. The van der Waals surface area contributed by atoms with E-state index < -0.39 is 0 Å². The van der Waals surface area contributed by atoms with E-state index in [1.165, 1.54) is 10.9 Å². The molecule has 6 heteroatoms. The van der Waals surface area contributed by atoms with Gasteiger partial charge in [-0.1, -0.05) is 18.2 Å². The molecule has 25 heavy (non-hydrogen) atoms. The smallest absolute Gasteiger partial charge is 0.357 e. The van der Waals surface area contributed by atoms with E-state index in [1.54, 1.807) is 12.4 Å². The third-order valence-corrected chi connectivity index (χ3v) is 5.51. The highest BCUT2D eigenvalue weighted by atomic mass is 16.2. The van der Waals surface area contributed by atoms with Crippen LogP contribution in [0.4, 0.5) is 10.5 Å². The number of hydrogen-bond donors (Lipinski definition) is 1. The van der Waals surface area contributed by atoms with Crippen LogP contribution in [0.25, 0.3) is 0 Å². The summed E-state index contributed by atoms with van der Waals surface area (Å²) in [5, 5.41) is 0. The standard InChI is InChI=1S/C19H17N4O2/c1-11-9-12(2)21-16(11)17-15-13-5-3-4-6-14(13)23(17,18(15)24)19(25)22-8-7-20-10-22/h3-10,15,17,21H,1-2H3/q+1. The molecule has 0 saturated carbocycles. The molecule has 1 saturated heterocycles. The number of hydrogen-bond acceptors (Lipinski definition) is 3. The van der Waals surface area contributed by atoms with Gasteiger partial charge in [-0.05, 0) is 25.5 Å². The highest BCUT2D eigenvalue weighted by Gasteiger charge is 2.78. The number of para-hydroxylation sites is 1. The Labute approximate surface area is 144 Å². The van der Waals surface area contributed by atoms with Crippen LogP contribution in [0.5, 0.6) is 0 Å². The number of imide groups is 1. The predicted octanol–water partition coefficient (Wildman–Crippen LogP) is 3.18. The van der Waals surface area contributed by atoms with E-state index in [0.29, 0.717) is 0 Å². The number of rotatable bonds is 1. The number of aromatic amines is 1. The maximum atomic E-state index is 13.4. The molecule has 1 aromatic carbocycles. The van der Waals surface area contributed by atoms with Crippen molar-refractivity contribution in [2.75, 3.05) is 0 Å². The van der Waals surface area contributed by atoms with Crippen LogP contribution in [0.1, 0.15) is 34.5 Å². The van der Waals surface area contributed by atoms with Crippen LogP contribution in [-0.2, 0) is 4.79 Å². The molecule has 3 aromatic rings. The molecule has 6 nitrogen and oxygen atoms in total. The van der Waals surface area contributed by atoms with Gasteiger partial charge < -0.3 is 4.98 Å². The van der Waals surface area contributed by atoms with Crippen molar-refractivity contribution >= 4 is 17.6 Å². The number of fused-ring (bicyclic) bond motifs is 5. The number of H-pyrrole nitrogens is 1. The Kier molecular flexibility index (Phi) is 2.61. The van der Waals surface area contributed by atoms with E-state index in [9.17, 15) is 9.59 Å². The van der Waals surface area contributed by atoms with Crippen LogP contribution in [-0.4, -0.2) is 26.5 Å². The first-order chi connectivity index (χ1) is 12.1. The van der Waals surface area contributed by atoms with Crippen molar-refractivity contribution in [3.8, 4) is 0 Å². The summed E-state index contributed by atoms with van der Waals surface area (Å²) in [5.74, 6) is -0.336. The van der Waals surface area contributed by atoms with E-state index in [-0.39, 0.29) is 28.4 Å². The normalized spacial score (nSPS) is 26.4. The zero-order valence-electron chi connectivity index (χ0n) is 13.9. The van der Waals surface area contributed by atoms with Crippen LogP contribution in [0.3, 0.4) is 0 Å². The number of aryl methyl sites for hydroxylation is 2. The van der Waals surface area contributed by atoms with Gasteiger partial charge in [0, 0.05) is 29.7 Å². The molecule has 2 aromatic heterocycles. The molecule has 5 rings (SSSR count). The first-order valence-corrected chi connectivity index (χ1v) is 8.28. The van der Waals surface area contributed by atoms with Crippen molar-refractivity contribution < 1.29 is 9.59 Å². The molecule has 0 aliphatic carbocycles. The molecule has 3 atom stereocenters. The summed E-state index contributed by atoms with van der Waals surface area (Å²) in [5.41, 5.74) is 4.82. The van der Waals surface area contributed by atoms with E-state index in [2.05, 4.69) is 16.0 Å². The van der Waals surface area contributed by atoms with Crippen LogP contribution in [0.15, 0.2) is 49.1 Å². The molecule has 2 aliphatic heterocycles. The van der Waals surface area contributed by atoms with Gasteiger partial charge in [-0.2, -0.15) is 0 Å². The topological polar surface area (TPSA) is 67.8 Å². The van der Waals surface area contributed by atoms with Crippen molar-refractivity contribution in [3.63, 3.8) is 0 Å². The van der Waals surface area contributed by atoms with Crippen molar-refractivity contribution in [2.24, 2.45) is 0 Å². The maximum absolute atomic E-state index is 13.4. The summed E-state index contributed by atoms with van der Waals surface area (Å²) in [6.45, 7) is 4.01. The van der Waals surface area contributed by atoms with Gasteiger partial charge in [-0.15, -0.1) is 4.48 Å². The number of β-lactam (4-membered cyclic amide) rings is 1. The fraction of sp³-hybridized carbons (Fsp3) is 0.211. The van der Waals surface area contributed by atoms with Gasteiger partial charge in [0.1, 0.15) is 6.33 Å². The van der Waals surface area contributed by atoms with Crippen LogP contribution in [0, 0.1) is 13.8 Å². The van der Waals surface area contributed by atoms with Crippen molar-refractivity contribution in [3.05, 3.63) is 71.6 Å². The molecule has 3 unspecified atom stereocenters.